The number of amides is 3. The number of nitrogens with one attached hydrogen (secondary N) is 2. The Labute approximate surface area is 294 Å². The summed E-state index contributed by atoms with van der Waals surface area (Å²) >= 11 is 9.42. The number of carbonyl (C=O) groups excluding carboxylic acids is 3. The van der Waals surface area contributed by atoms with Gasteiger partial charge in [0.15, 0.2) is 6.61 Å². The molecule has 2 aliphatic carbocycles. The summed E-state index contributed by atoms with van der Waals surface area (Å²) in [5.74, 6) is -1.37. The summed E-state index contributed by atoms with van der Waals surface area (Å²) in [5, 5.41) is 6.23. The first-order valence-electron chi connectivity index (χ1n) is 16.3. The van der Waals surface area contributed by atoms with Crippen LogP contribution >= 0.6 is 34.7 Å². The summed E-state index contributed by atoms with van der Waals surface area (Å²) in [6.07, 6.45) is 0.761. The van der Waals surface area contributed by atoms with E-state index in [1.165, 1.54) is 4.90 Å². The van der Waals surface area contributed by atoms with Gasteiger partial charge in [-0.15, -0.1) is 11.8 Å². The molecule has 246 valence electrons. The quantitative estimate of drug-likeness (QED) is 0.180. The molecule has 0 radical (unpaired) electrons. The summed E-state index contributed by atoms with van der Waals surface area (Å²) in [7, 11) is 0. The van der Waals surface area contributed by atoms with E-state index in [-0.39, 0.29) is 58.1 Å². The maximum absolute atomic E-state index is 14.1. The second-order valence-corrected chi connectivity index (χ2v) is 16.0. The first-order chi connectivity index (χ1) is 23.8. The molecule has 3 heterocycles. The molecule has 7 atom stereocenters. The molecule has 4 aliphatic rings. The lowest BCUT2D eigenvalue weighted by Crippen LogP contribution is -2.42. The first kappa shape index (κ1) is 30.7. The number of imide groups is 1. The standard InChI is InChI=1S/C38H30ClN3O5S2/c1-18-9-12-21(13-10-18)42-36(44)31-24-16-25(32(31)37(42)45)33-30(24)29(34-35(48-33)41-38(46)49-34)23-15-20(39)11-14-27(23)47-17-28(43)40-26-8-4-6-19-5-2-3-7-22(19)26/h2-15,24-25,29-33H,16-17H2,1H3,(H,40,43)(H,41,46)/t24-,25-,29-,30?,31?,32?,33?/m1/s1. The van der Waals surface area contributed by atoms with Crippen LogP contribution in [0.15, 0.2) is 94.7 Å². The van der Waals surface area contributed by atoms with Crippen molar-refractivity contribution in [2.24, 2.45) is 29.6 Å². The summed E-state index contributed by atoms with van der Waals surface area (Å²) in [4.78, 5) is 59.3. The molecule has 9 rings (SSSR count). The average molecular weight is 708 g/mol. The zero-order chi connectivity index (χ0) is 33.6. The van der Waals surface area contributed by atoms with Gasteiger partial charge in [-0.2, -0.15) is 0 Å². The SMILES string of the molecule is Cc1ccc(N2C(=O)C3C(C2=O)[C@@H]2C[C@H]3C3Sc4[nH]c(=O)sc4[C@H](c4cc(Cl)ccc4OCC(=O)Nc4cccc5ccccc45)C32)cc1. The van der Waals surface area contributed by atoms with E-state index in [2.05, 4.69) is 10.3 Å². The molecule has 3 fully saturated rings. The van der Waals surface area contributed by atoms with Crippen molar-refractivity contribution in [3.63, 3.8) is 0 Å². The number of thiazole rings is 1. The van der Waals surface area contributed by atoms with Crippen molar-refractivity contribution in [2.45, 2.75) is 29.5 Å². The van der Waals surface area contributed by atoms with E-state index in [1.807, 2.05) is 79.7 Å². The van der Waals surface area contributed by atoms with E-state index in [1.54, 1.807) is 23.9 Å². The van der Waals surface area contributed by atoms with Gasteiger partial charge in [-0.1, -0.05) is 77.0 Å². The molecule has 49 heavy (non-hydrogen) atoms. The largest absolute Gasteiger partial charge is 0.483 e. The highest BCUT2D eigenvalue weighted by Gasteiger charge is 2.69. The fourth-order valence-electron chi connectivity index (χ4n) is 8.87. The molecule has 2 N–H and O–H groups in total. The molecule has 8 nitrogen and oxygen atoms in total. The molecule has 2 aliphatic heterocycles. The molecule has 5 aromatic rings. The number of aromatic nitrogens is 1. The second-order valence-electron chi connectivity index (χ2n) is 13.4. The third-order valence-electron chi connectivity index (χ3n) is 10.7. The van der Waals surface area contributed by atoms with Gasteiger partial charge in [-0.25, -0.2) is 0 Å². The number of aromatic amines is 1. The van der Waals surface area contributed by atoms with Gasteiger partial charge in [0.1, 0.15) is 5.75 Å². The first-order valence-corrected chi connectivity index (χ1v) is 18.4. The van der Waals surface area contributed by atoms with Crippen LogP contribution in [0.2, 0.25) is 5.02 Å². The number of aryl methyl sites for hydroxylation is 1. The van der Waals surface area contributed by atoms with Crippen LogP contribution in [0.25, 0.3) is 10.8 Å². The van der Waals surface area contributed by atoms with Crippen LogP contribution in [-0.4, -0.2) is 34.6 Å². The Morgan fingerprint density at radius 3 is 2.53 bits per heavy atom. The minimum absolute atomic E-state index is 0.00482. The molecule has 0 spiro atoms. The van der Waals surface area contributed by atoms with Gasteiger partial charge >= 0.3 is 4.87 Å². The second kappa shape index (κ2) is 11.6. The number of benzene rings is 4. The molecule has 4 aromatic carbocycles. The van der Waals surface area contributed by atoms with Crippen LogP contribution in [0.3, 0.4) is 0 Å². The lowest BCUT2D eigenvalue weighted by molar-refractivity contribution is -0.123. The lowest BCUT2D eigenvalue weighted by Gasteiger charge is -2.43. The normalized spacial score (nSPS) is 26.5. The van der Waals surface area contributed by atoms with E-state index in [9.17, 15) is 19.2 Å². The van der Waals surface area contributed by atoms with Crippen molar-refractivity contribution >= 4 is 74.6 Å². The number of thioether (sulfide) groups is 1. The van der Waals surface area contributed by atoms with Crippen molar-refractivity contribution < 1.29 is 19.1 Å². The van der Waals surface area contributed by atoms with Gasteiger partial charge in [0.2, 0.25) is 11.8 Å². The molecule has 1 saturated heterocycles. The van der Waals surface area contributed by atoms with Crippen LogP contribution in [0.5, 0.6) is 5.75 Å². The molecule has 2 saturated carbocycles. The Bertz CT molecular complexity index is 2240. The maximum Gasteiger partial charge on any atom is 0.305 e. The van der Waals surface area contributed by atoms with Crippen LogP contribution in [0, 0.1) is 36.5 Å². The van der Waals surface area contributed by atoms with Crippen LogP contribution < -0.4 is 19.8 Å². The van der Waals surface area contributed by atoms with E-state index in [4.69, 9.17) is 16.3 Å². The van der Waals surface area contributed by atoms with Gasteiger partial charge in [-0.3, -0.25) is 24.1 Å². The summed E-state index contributed by atoms with van der Waals surface area (Å²) < 4.78 is 6.26. The van der Waals surface area contributed by atoms with Crippen molar-refractivity contribution in [1.82, 2.24) is 4.98 Å². The predicted molar refractivity (Wildman–Crippen MR) is 192 cm³/mol. The maximum atomic E-state index is 14.1. The van der Waals surface area contributed by atoms with Crippen LogP contribution in [0.1, 0.15) is 28.3 Å². The van der Waals surface area contributed by atoms with E-state index in [0.29, 0.717) is 22.1 Å². The van der Waals surface area contributed by atoms with E-state index >= 15 is 0 Å². The van der Waals surface area contributed by atoms with E-state index < -0.39 is 11.8 Å². The predicted octanol–water partition coefficient (Wildman–Crippen LogP) is 7.25. The number of halogens is 1. The number of anilines is 2. The van der Waals surface area contributed by atoms with Gasteiger partial charge in [0.05, 0.1) is 22.5 Å². The molecular formula is C38H30ClN3O5S2. The number of carbonyl (C=O) groups is 3. The number of rotatable bonds is 6. The molecule has 2 bridgehead atoms. The zero-order valence-electron chi connectivity index (χ0n) is 26.2. The lowest BCUT2D eigenvalue weighted by atomic mass is 9.68. The number of hydrogen-bond donors (Lipinski definition) is 2. The topological polar surface area (TPSA) is 109 Å². The number of ether oxygens (including phenoxy) is 1. The number of nitrogens with zero attached hydrogens (tertiary/aromatic N) is 1. The van der Waals surface area contributed by atoms with E-state index in [0.717, 1.165) is 49.6 Å². The Morgan fingerprint density at radius 2 is 1.71 bits per heavy atom. The highest BCUT2D eigenvalue weighted by molar-refractivity contribution is 8.00. The smallest absolute Gasteiger partial charge is 0.305 e. The number of H-pyrrole nitrogens is 1. The summed E-state index contributed by atoms with van der Waals surface area (Å²) in [6, 6.07) is 26.5. The molecule has 1 aromatic heterocycles. The van der Waals surface area contributed by atoms with Crippen molar-refractivity contribution in [3.05, 3.63) is 116 Å². The minimum atomic E-state index is -0.435. The highest BCUT2D eigenvalue weighted by Crippen LogP contribution is 2.69. The van der Waals surface area contributed by atoms with Gasteiger partial charge < -0.3 is 15.0 Å². The summed E-state index contributed by atoms with van der Waals surface area (Å²) in [6.45, 7) is 1.74. The Kier molecular flexibility index (Phi) is 7.26. The van der Waals surface area contributed by atoms with Crippen molar-refractivity contribution in [2.75, 3.05) is 16.8 Å². The minimum Gasteiger partial charge on any atom is -0.483 e. The molecule has 4 unspecified atom stereocenters. The van der Waals surface area contributed by atoms with Crippen LogP contribution in [-0.2, 0) is 14.4 Å². The monoisotopic (exact) mass is 707 g/mol. The average Bonchev–Trinajstić information content (AvgIpc) is 3.83. The van der Waals surface area contributed by atoms with Gasteiger partial charge in [0.25, 0.3) is 5.91 Å². The zero-order valence-corrected chi connectivity index (χ0v) is 28.6. The fraction of sp³-hybridized carbons (Fsp3) is 0.263. The molecule has 11 heteroatoms. The van der Waals surface area contributed by atoms with Crippen LogP contribution in [0.4, 0.5) is 11.4 Å². The molecular weight excluding hydrogens is 678 g/mol. The number of hydrogen-bond acceptors (Lipinski definition) is 7. The third kappa shape index (κ3) is 4.87. The van der Waals surface area contributed by atoms with Crippen molar-refractivity contribution in [1.29, 1.82) is 0 Å². The third-order valence-corrected chi connectivity index (χ3v) is 13.6. The Morgan fingerprint density at radius 1 is 0.959 bits per heavy atom. The number of fused-ring (bicyclic) bond motifs is 10. The summed E-state index contributed by atoms with van der Waals surface area (Å²) in [5.41, 5.74) is 3.13. The Hall–Kier alpha value is -4.38. The molecule has 3 amide bonds. The van der Waals surface area contributed by atoms with Gasteiger partial charge in [0, 0.05) is 37.7 Å². The Balaban J connectivity index is 1.05. The van der Waals surface area contributed by atoms with Gasteiger partial charge in [-0.05, 0) is 72.9 Å². The van der Waals surface area contributed by atoms with Crippen molar-refractivity contribution in [3.8, 4) is 5.75 Å². The highest BCUT2D eigenvalue weighted by atomic mass is 35.5. The fourth-order valence-corrected chi connectivity index (χ4v) is 11.9.